The van der Waals surface area contributed by atoms with Gasteiger partial charge in [0.2, 0.25) is 5.91 Å². The molecular formula is C22H34N2O5. The van der Waals surface area contributed by atoms with Gasteiger partial charge >= 0.3 is 11.9 Å². The molecule has 0 aromatic heterocycles. The first-order valence-corrected chi connectivity index (χ1v) is 10.3. The second-order valence-electron chi connectivity index (χ2n) is 7.79. The molecule has 0 spiro atoms. The Bertz CT molecular complexity index is 613. The Morgan fingerprint density at radius 1 is 1.07 bits per heavy atom. The zero-order valence-electron chi connectivity index (χ0n) is 17.5. The second kappa shape index (κ2) is 13.7. The molecule has 0 unspecified atom stereocenters. The van der Waals surface area contributed by atoms with E-state index in [0.717, 1.165) is 51.9 Å². The lowest BCUT2D eigenvalue weighted by Crippen LogP contribution is -2.41. The molecule has 7 nitrogen and oxygen atoms in total. The van der Waals surface area contributed by atoms with E-state index >= 15 is 0 Å². The van der Waals surface area contributed by atoms with E-state index < -0.39 is 11.9 Å². The van der Waals surface area contributed by atoms with Crippen LogP contribution in [-0.4, -0.2) is 59.1 Å². The van der Waals surface area contributed by atoms with E-state index in [2.05, 4.69) is 54.4 Å². The zero-order chi connectivity index (χ0) is 21.6. The van der Waals surface area contributed by atoms with Gasteiger partial charge in [0.15, 0.2) is 0 Å². The largest absolute Gasteiger partial charge is 0.473 e. The number of rotatable bonds is 8. The van der Waals surface area contributed by atoms with Gasteiger partial charge in [-0.2, -0.15) is 0 Å². The molecule has 0 bridgehead atoms. The Kier molecular flexibility index (Phi) is 11.6. The minimum atomic E-state index is -1.82. The Labute approximate surface area is 173 Å². The lowest BCUT2D eigenvalue weighted by molar-refractivity contribution is -0.159. The molecule has 1 aromatic carbocycles. The maximum absolute atomic E-state index is 12.2. The summed E-state index contributed by atoms with van der Waals surface area (Å²) < 4.78 is 0. The van der Waals surface area contributed by atoms with Crippen molar-refractivity contribution in [3.05, 3.63) is 35.9 Å². The molecule has 162 valence electrons. The molecule has 1 amide bonds. The molecule has 0 radical (unpaired) electrons. The van der Waals surface area contributed by atoms with Crippen molar-refractivity contribution in [1.82, 2.24) is 10.2 Å². The smallest absolute Gasteiger partial charge is 0.414 e. The molecular weight excluding hydrogens is 372 g/mol. The third kappa shape index (κ3) is 11.2. The van der Waals surface area contributed by atoms with Crippen molar-refractivity contribution in [3.63, 3.8) is 0 Å². The maximum atomic E-state index is 12.2. The standard InChI is InChI=1S/C20H32N2O.C2H2O4/c1-17(2)10-13-21-20(23)19-11-15-22(16-12-19)14-6-9-18-7-4-3-5-8-18;3-1(4)2(5)6/h3-5,7-8,17,19H,6,9-16H2,1-2H3,(H,21,23);(H,3,4)(H,5,6). The van der Waals surface area contributed by atoms with Crippen LogP contribution in [0.1, 0.15) is 45.1 Å². The van der Waals surface area contributed by atoms with Gasteiger partial charge in [-0.15, -0.1) is 0 Å². The monoisotopic (exact) mass is 406 g/mol. The van der Waals surface area contributed by atoms with E-state index in [1.54, 1.807) is 0 Å². The molecule has 1 aromatic rings. The summed E-state index contributed by atoms with van der Waals surface area (Å²) in [6.45, 7) is 8.50. The Morgan fingerprint density at radius 2 is 1.66 bits per heavy atom. The van der Waals surface area contributed by atoms with Crippen molar-refractivity contribution in [2.24, 2.45) is 11.8 Å². The van der Waals surface area contributed by atoms with Crippen LogP contribution in [0.15, 0.2) is 30.3 Å². The van der Waals surface area contributed by atoms with Crippen molar-refractivity contribution in [1.29, 1.82) is 0 Å². The molecule has 7 heteroatoms. The van der Waals surface area contributed by atoms with Gasteiger partial charge in [-0.25, -0.2) is 9.59 Å². The highest BCUT2D eigenvalue weighted by molar-refractivity contribution is 6.27. The summed E-state index contributed by atoms with van der Waals surface area (Å²) in [6, 6.07) is 10.7. The number of nitrogens with one attached hydrogen (secondary N) is 1. The number of benzene rings is 1. The molecule has 2 rings (SSSR count). The lowest BCUT2D eigenvalue weighted by atomic mass is 9.95. The molecule has 0 atom stereocenters. The number of carboxylic acids is 2. The lowest BCUT2D eigenvalue weighted by Gasteiger charge is -2.31. The summed E-state index contributed by atoms with van der Waals surface area (Å²) in [5, 5.41) is 17.9. The van der Waals surface area contributed by atoms with Crippen LogP contribution in [0.2, 0.25) is 0 Å². The fourth-order valence-corrected chi connectivity index (χ4v) is 3.20. The van der Waals surface area contributed by atoms with Crippen molar-refractivity contribution in [2.75, 3.05) is 26.2 Å². The number of nitrogens with zero attached hydrogens (tertiary/aromatic N) is 1. The quantitative estimate of drug-likeness (QED) is 0.573. The fraction of sp³-hybridized carbons (Fsp3) is 0.591. The average Bonchev–Trinajstić information content (AvgIpc) is 2.69. The molecule has 1 saturated heterocycles. The number of hydrogen-bond donors (Lipinski definition) is 3. The summed E-state index contributed by atoms with van der Waals surface area (Å²) >= 11 is 0. The van der Waals surface area contributed by atoms with Gasteiger partial charge in [-0.1, -0.05) is 44.2 Å². The topological polar surface area (TPSA) is 107 Å². The average molecular weight is 407 g/mol. The van der Waals surface area contributed by atoms with Crippen molar-refractivity contribution < 1.29 is 24.6 Å². The molecule has 1 aliphatic rings. The number of piperidine rings is 1. The first-order valence-electron chi connectivity index (χ1n) is 10.3. The number of aliphatic carboxylic acids is 2. The molecule has 0 saturated carbocycles. The van der Waals surface area contributed by atoms with Crippen LogP contribution < -0.4 is 5.32 Å². The van der Waals surface area contributed by atoms with Gasteiger partial charge in [0.25, 0.3) is 0 Å². The highest BCUT2D eigenvalue weighted by Crippen LogP contribution is 2.18. The minimum absolute atomic E-state index is 0.229. The summed E-state index contributed by atoms with van der Waals surface area (Å²) in [4.78, 5) is 32.9. The number of carbonyl (C=O) groups is 3. The highest BCUT2D eigenvalue weighted by Gasteiger charge is 2.24. The van der Waals surface area contributed by atoms with Gasteiger partial charge < -0.3 is 20.4 Å². The molecule has 29 heavy (non-hydrogen) atoms. The van der Waals surface area contributed by atoms with E-state index in [4.69, 9.17) is 19.8 Å². The molecule has 3 N–H and O–H groups in total. The first kappa shape index (κ1) is 24.6. The Morgan fingerprint density at radius 3 is 2.17 bits per heavy atom. The third-order valence-corrected chi connectivity index (χ3v) is 4.94. The van der Waals surface area contributed by atoms with E-state index in [-0.39, 0.29) is 11.8 Å². The van der Waals surface area contributed by atoms with Crippen molar-refractivity contribution >= 4 is 17.8 Å². The maximum Gasteiger partial charge on any atom is 0.414 e. The van der Waals surface area contributed by atoms with Gasteiger partial charge in [0.1, 0.15) is 0 Å². The number of hydrogen-bond acceptors (Lipinski definition) is 4. The molecule has 0 aliphatic carbocycles. The fourth-order valence-electron chi connectivity index (χ4n) is 3.20. The van der Waals surface area contributed by atoms with Gasteiger partial charge in [0.05, 0.1) is 0 Å². The number of likely N-dealkylation sites (tertiary alicyclic amines) is 1. The summed E-state index contributed by atoms with van der Waals surface area (Å²) in [5.41, 5.74) is 1.42. The van der Waals surface area contributed by atoms with Gasteiger partial charge in [0, 0.05) is 12.5 Å². The van der Waals surface area contributed by atoms with E-state index in [0.29, 0.717) is 5.92 Å². The van der Waals surface area contributed by atoms with Gasteiger partial charge in [-0.3, -0.25) is 4.79 Å². The van der Waals surface area contributed by atoms with Crippen LogP contribution in [0.3, 0.4) is 0 Å². The second-order valence-corrected chi connectivity index (χ2v) is 7.79. The normalized spacial score (nSPS) is 14.7. The van der Waals surface area contributed by atoms with Crippen LogP contribution in [0.25, 0.3) is 0 Å². The van der Waals surface area contributed by atoms with Crippen LogP contribution in [0.5, 0.6) is 0 Å². The van der Waals surface area contributed by atoms with E-state index in [1.165, 1.54) is 12.0 Å². The predicted octanol–water partition coefficient (Wildman–Crippen LogP) is 2.65. The Balaban J connectivity index is 0.000000612. The molecule has 1 fully saturated rings. The first-order chi connectivity index (χ1) is 13.8. The van der Waals surface area contributed by atoms with E-state index in [9.17, 15) is 4.79 Å². The third-order valence-electron chi connectivity index (χ3n) is 4.94. The van der Waals surface area contributed by atoms with Crippen LogP contribution >= 0.6 is 0 Å². The summed E-state index contributed by atoms with van der Waals surface area (Å²) in [6.07, 6.45) is 5.45. The summed E-state index contributed by atoms with van der Waals surface area (Å²) in [7, 11) is 0. The molecule has 1 heterocycles. The number of aryl methyl sites for hydroxylation is 1. The molecule has 1 aliphatic heterocycles. The number of amides is 1. The zero-order valence-corrected chi connectivity index (χ0v) is 17.5. The minimum Gasteiger partial charge on any atom is -0.473 e. The van der Waals surface area contributed by atoms with Gasteiger partial charge in [-0.05, 0) is 63.2 Å². The Hall–Kier alpha value is -2.41. The summed E-state index contributed by atoms with van der Waals surface area (Å²) in [5.74, 6) is -2.49. The SMILES string of the molecule is CC(C)CCNC(=O)C1CCN(CCCc2ccccc2)CC1.O=C(O)C(=O)O. The predicted molar refractivity (Wildman–Crippen MR) is 112 cm³/mol. The van der Waals surface area contributed by atoms with Crippen molar-refractivity contribution in [3.8, 4) is 0 Å². The van der Waals surface area contributed by atoms with Crippen LogP contribution in [0.4, 0.5) is 0 Å². The van der Waals surface area contributed by atoms with Crippen LogP contribution in [0, 0.1) is 11.8 Å². The van der Waals surface area contributed by atoms with E-state index in [1.807, 2.05) is 0 Å². The number of carboxylic acid groups (broad SMARTS) is 2. The number of carbonyl (C=O) groups excluding carboxylic acids is 1. The highest BCUT2D eigenvalue weighted by atomic mass is 16.4. The van der Waals surface area contributed by atoms with Crippen molar-refractivity contribution in [2.45, 2.75) is 46.0 Å². The van der Waals surface area contributed by atoms with Crippen LogP contribution in [-0.2, 0) is 20.8 Å².